The van der Waals surface area contributed by atoms with Gasteiger partial charge >= 0.3 is 0 Å². The molecule has 1 amide bonds. The van der Waals surface area contributed by atoms with E-state index in [1.807, 2.05) is 24.5 Å². The monoisotopic (exact) mass is 423 g/mol. The summed E-state index contributed by atoms with van der Waals surface area (Å²) in [7, 11) is 0. The number of nitrogens with one attached hydrogen (secondary N) is 1. The molecular formula is C21H18FN5O2S. The zero-order chi connectivity index (χ0) is 20.9. The van der Waals surface area contributed by atoms with Crippen LogP contribution in [0.4, 0.5) is 9.52 Å². The molecule has 0 aliphatic heterocycles. The smallest absolute Gasteiger partial charge is 0.274 e. The van der Waals surface area contributed by atoms with Gasteiger partial charge in [0.05, 0.1) is 5.69 Å². The second-order valence-corrected chi connectivity index (χ2v) is 7.25. The summed E-state index contributed by atoms with van der Waals surface area (Å²) < 4.78 is 20.4. The van der Waals surface area contributed by atoms with Crippen molar-refractivity contribution in [2.24, 2.45) is 0 Å². The molecule has 4 aromatic heterocycles. The van der Waals surface area contributed by atoms with Gasteiger partial charge in [0.1, 0.15) is 17.1 Å². The molecule has 0 bridgehead atoms. The predicted molar refractivity (Wildman–Crippen MR) is 113 cm³/mol. The van der Waals surface area contributed by atoms with Crippen LogP contribution < -0.4 is 5.32 Å². The molecule has 4 aromatic rings. The van der Waals surface area contributed by atoms with Crippen LogP contribution in [0.25, 0.3) is 12.2 Å². The van der Waals surface area contributed by atoms with E-state index in [0.29, 0.717) is 28.6 Å². The van der Waals surface area contributed by atoms with E-state index in [9.17, 15) is 9.18 Å². The average Bonchev–Trinajstić information content (AvgIpc) is 3.47. The Morgan fingerprint density at radius 3 is 3.07 bits per heavy atom. The number of aryl methyl sites for hydroxylation is 1. The molecule has 0 radical (unpaired) electrons. The third-order valence-electron chi connectivity index (χ3n) is 4.35. The standard InChI is InChI=1S/C21H18FN5O2S/c1-2-18-16(24-13-29-18)6-5-15-12-30-21(25-15)26-20(28)17-4-3-9-27(17)11-14-7-8-23-19(22)10-14/h3-10,12-13H,2,11H2,1H3,(H,25,26,28). The zero-order valence-electron chi connectivity index (χ0n) is 16.1. The Labute approximate surface area is 175 Å². The summed E-state index contributed by atoms with van der Waals surface area (Å²) in [6.07, 6.45) is 9.00. The predicted octanol–water partition coefficient (Wildman–Crippen LogP) is 4.50. The maximum absolute atomic E-state index is 13.3. The van der Waals surface area contributed by atoms with Crippen LogP contribution >= 0.6 is 11.3 Å². The first-order valence-corrected chi connectivity index (χ1v) is 10.1. The maximum Gasteiger partial charge on any atom is 0.274 e. The molecular weight excluding hydrogens is 405 g/mol. The second kappa shape index (κ2) is 8.83. The van der Waals surface area contributed by atoms with Gasteiger partial charge in [0, 0.05) is 30.7 Å². The van der Waals surface area contributed by atoms with E-state index in [4.69, 9.17) is 4.42 Å². The van der Waals surface area contributed by atoms with Crippen LogP contribution in [0.1, 0.15) is 40.1 Å². The van der Waals surface area contributed by atoms with E-state index >= 15 is 0 Å². The molecule has 30 heavy (non-hydrogen) atoms. The highest BCUT2D eigenvalue weighted by Gasteiger charge is 2.13. The molecule has 0 fully saturated rings. The highest BCUT2D eigenvalue weighted by Crippen LogP contribution is 2.19. The van der Waals surface area contributed by atoms with Gasteiger partial charge in [-0.25, -0.2) is 15.0 Å². The Balaban J connectivity index is 1.43. The number of carbonyl (C=O) groups excluding carboxylic acids is 1. The van der Waals surface area contributed by atoms with Crippen molar-refractivity contribution in [1.29, 1.82) is 0 Å². The number of nitrogens with zero attached hydrogens (tertiary/aromatic N) is 4. The van der Waals surface area contributed by atoms with Crippen molar-refractivity contribution in [3.05, 3.63) is 82.8 Å². The van der Waals surface area contributed by atoms with Crippen LogP contribution in [-0.4, -0.2) is 25.4 Å². The summed E-state index contributed by atoms with van der Waals surface area (Å²) in [5.74, 6) is -0.0280. The minimum absolute atomic E-state index is 0.288. The number of thiazole rings is 1. The Bertz CT molecular complexity index is 1190. The largest absolute Gasteiger partial charge is 0.448 e. The highest BCUT2D eigenvalue weighted by molar-refractivity contribution is 7.14. The Hall–Kier alpha value is -3.59. The van der Waals surface area contributed by atoms with Crippen LogP contribution in [0, 0.1) is 5.95 Å². The van der Waals surface area contributed by atoms with E-state index in [0.717, 1.165) is 17.9 Å². The maximum atomic E-state index is 13.3. The van der Waals surface area contributed by atoms with E-state index in [-0.39, 0.29) is 5.91 Å². The SMILES string of the molecule is CCc1ocnc1C=Cc1csc(NC(=O)c2cccn2Cc2ccnc(F)c2)n1. The third kappa shape index (κ3) is 4.52. The fraction of sp³-hybridized carbons (Fsp3) is 0.143. The first kappa shape index (κ1) is 19.7. The number of oxazole rings is 1. The van der Waals surface area contributed by atoms with Crippen molar-refractivity contribution >= 4 is 34.5 Å². The summed E-state index contributed by atoms with van der Waals surface area (Å²) in [5, 5.41) is 5.14. The lowest BCUT2D eigenvalue weighted by Gasteiger charge is -2.09. The minimum Gasteiger partial charge on any atom is -0.448 e. The van der Waals surface area contributed by atoms with Crippen molar-refractivity contribution in [3.8, 4) is 0 Å². The van der Waals surface area contributed by atoms with Gasteiger partial charge in [-0.05, 0) is 42.0 Å². The van der Waals surface area contributed by atoms with Crippen LogP contribution in [0.3, 0.4) is 0 Å². The minimum atomic E-state index is -0.550. The van der Waals surface area contributed by atoms with Gasteiger partial charge in [-0.2, -0.15) is 4.39 Å². The fourth-order valence-electron chi connectivity index (χ4n) is 2.92. The second-order valence-electron chi connectivity index (χ2n) is 6.39. The summed E-state index contributed by atoms with van der Waals surface area (Å²) in [5.41, 5.74) is 2.65. The molecule has 0 aliphatic carbocycles. The van der Waals surface area contributed by atoms with Crippen LogP contribution in [-0.2, 0) is 13.0 Å². The first-order chi connectivity index (χ1) is 14.6. The number of halogens is 1. The molecule has 4 heterocycles. The van der Waals surface area contributed by atoms with E-state index in [1.165, 1.54) is 30.0 Å². The normalized spacial score (nSPS) is 11.3. The lowest BCUT2D eigenvalue weighted by molar-refractivity contribution is 0.101. The van der Waals surface area contributed by atoms with Crippen molar-refractivity contribution in [3.63, 3.8) is 0 Å². The highest BCUT2D eigenvalue weighted by atomic mass is 32.1. The summed E-state index contributed by atoms with van der Waals surface area (Å²) in [6, 6.07) is 6.53. The fourth-order valence-corrected chi connectivity index (χ4v) is 3.59. The van der Waals surface area contributed by atoms with Gasteiger partial charge in [0.25, 0.3) is 5.91 Å². The van der Waals surface area contributed by atoms with Gasteiger partial charge in [0.15, 0.2) is 11.5 Å². The molecule has 7 nitrogen and oxygen atoms in total. The zero-order valence-corrected chi connectivity index (χ0v) is 16.9. The van der Waals surface area contributed by atoms with Crippen LogP contribution in [0.15, 0.2) is 52.9 Å². The number of pyridine rings is 1. The van der Waals surface area contributed by atoms with Gasteiger partial charge in [0.2, 0.25) is 5.95 Å². The number of hydrogen-bond acceptors (Lipinski definition) is 6. The summed E-state index contributed by atoms with van der Waals surface area (Å²) in [6.45, 7) is 2.36. The molecule has 0 saturated carbocycles. The van der Waals surface area contributed by atoms with Crippen molar-refractivity contribution in [2.45, 2.75) is 19.9 Å². The molecule has 0 aliphatic rings. The lowest BCUT2D eigenvalue weighted by Crippen LogP contribution is -2.17. The molecule has 1 N–H and O–H groups in total. The quantitative estimate of drug-likeness (QED) is 0.442. The van der Waals surface area contributed by atoms with Crippen LogP contribution in [0.5, 0.6) is 0 Å². The van der Waals surface area contributed by atoms with Gasteiger partial charge in [-0.3, -0.25) is 10.1 Å². The number of amides is 1. The molecule has 152 valence electrons. The number of carbonyl (C=O) groups is 1. The van der Waals surface area contributed by atoms with E-state index in [2.05, 4.69) is 20.3 Å². The molecule has 0 aromatic carbocycles. The van der Waals surface area contributed by atoms with Crippen molar-refractivity contribution in [2.75, 3.05) is 5.32 Å². The van der Waals surface area contributed by atoms with E-state index < -0.39 is 5.95 Å². The van der Waals surface area contributed by atoms with Crippen LogP contribution in [0.2, 0.25) is 0 Å². The topological polar surface area (TPSA) is 85.8 Å². The van der Waals surface area contributed by atoms with Crippen molar-refractivity contribution in [1.82, 2.24) is 19.5 Å². The third-order valence-corrected chi connectivity index (χ3v) is 5.13. The van der Waals surface area contributed by atoms with E-state index in [1.54, 1.807) is 29.0 Å². The molecule has 4 rings (SSSR count). The first-order valence-electron chi connectivity index (χ1n) is 9.25. The number of aromatic nitrogens is 4. The average molecular weight is 423 g/mol. The van der Waals surface area contributed by atoms with Crippen molar-refractivity contribution < 1.29 is 13.6 Å². The molecule has 0 unspecified atom stereocenters. The molecule has 0 spiro atoms. The number of anilines is 1. The Morgan fingerprint density at radius 2 is 2.23 bits per heavy atom. The Morgan fingerprint density at radius 1 is 1.33 bits per heavy atom. The summed E-state index contributed by atoms with van der Waals surface area (Å²) >= 11 is 1.33. The summed E-state index contributed by atoms with van der Waals surface area (Å²) in [4.78, 5) is 24.8. The molecule has 0 atom stereocenters. The van der Waals surface area contributed by atoms with Gasteiger partial charge in [-0.15, -0.1) is 11.3 Å². The lowest BCUT2D eigenvalue weighted by atomic mass is 10.2. The molecule has 9 heteroatoms. The number of hydrogen-bond donors (Lipinski definition) is 1. The van der Waals surface area contributed by atoms with Gasteiger partial charge < -0.3 is 8.98 Å². The number of rotatable bonds is 7. The van der Waals surface area contributed by atoms with Gasteiger partial charge in [-0.1, -0.05) is 6.92 Å². The molecule has 0 saturated heterocycles. The Kier molecular flexibility index (Phi) is 5.80.